The summed E-state index contributed by atoms with van der Waals surface area (Å²) in [6.07, 6.45) is 8.53. The van der Waals surface area contributed by atoms with Crippen LogP contribution in [0.2, 0.25) is 0 Å². The normalized spacial score (nSPS) is 13.5. The average Bonchev–Trinajstić information content (AvgIpc) is 2.85. The van der Waals surface area contributed by atoms with Crippen molar-refractivity contribution in [1.29, 1.82) is 5.26 Å². The number of methoxy groups -OCH3 is 2. The van der Waals surface area contributed by atoms with E-state index in [9.17, 15) is 10.1 Å². The molecule has 0 bridgehead atoms. The van der Waals surface area contributed by atoms with Gasteiger partial charge in [0.1, 0.15) is 11.1 Å². The highest BCUT2D eigenvalue weighted by molar-refractivity contribution is 7.16. The van der Waals surface area contributed by atoms with E-state index in [4.69, 9.17) is 9.47 Å². The number of amides is 1. The first-order valence-electron chi connectivity index (χ1n) is 8.92. The Morgan fingerprint density at radius 1 is 1.19 bits per heavy atom. The number of benzene rings is 1. The van der Waals surface area contributed by atoms with Gasteiger partial charge in [-0.15, -0.1) is 11.3 Å². The molecule has 1 aliphatic rings. The van der Waals surface area contributed by atoms with E-state index in [1.807, 2.05) is 6.07 Å². The maximum Gasteiger partial charge on any atom is 0.249 e. The highest BCUT2D eigenvalue weighted by Gasteiger charge is 2.20. The van der Waals surface area contributed by atoms with Gasteiger partial charge in [-0.1, -0.05) is 12.5 Å². The number of carbonyl (C=O) groups excluding carboxylic acids is 1. The van der Waals surface area contributed by atoms with E-state index in [1.54, 1.807) is 32.4 Å². The molecule has 27 heavy (non-hydrogen) atoms. The van der Waals surface area contributed by atoms with E-state index < -0.39 is 0 Å². The van der Waals surface area contributed by atoms with E-state index in [-0.39, 0.29) is 5.91 Å². The van der Waals surface area contributed by atoms with Gasteiger partial charge in [0, 0.05) is 11.0 Å². The van der Waals surface area contributed by atoms with Crippen LogP contribution in [-0.4, -0.2) is 20.1 Å². The fourth-order valence-corrected chi connectivity index (χ4v) is 4.47. The number of hydrogen-bond donors (Lipinski definition) is 1. The van der Waals surface area contributed by atoms with Gasteiger partial charge >= 0.3 is 0 Å². The minimum absolute atomic E-state index is 0.252. The van der Waals surface area contributed by atoms with E-state index in [0.717, 1.165) is 36.8 Å². The molecule has 0 saturated heterocycles. The molecule has 1 amide bonds. The minimum Gasteiger partial charge on any atom is -0.493 e. The van der Waals surface area contributed by atoms with Crippen molar-refractivity contribution in [3.8, 4) is 17.6 Å². The molecule has 2 aromatic rings. The molecule has 0 fully saturated rings. The van der Waals surface area contributed by atoms with E-state index >= 15 is 0 Å². The van der Waals surface area contributed by atoms with Crippen molar-refractivity contribution in [2.24, 2.45) is 0 Å². The molecular weight excluding hydrogens is 360 g/mol. The molecule has 6 heteroatoms. The number of rotatable bonds is 5. The predicted molar refractivity (Wildman–Crippen MR) is 108 cm³/mol. The molecule has 1 aliphatic carbocycles. The van der Waals surface area contributed by atoms with Gasteiger partial charge in [-0.25, -0.2) is 0 Å². The largest absolute Gasteiger partial charge is 0.493 e. The number of nitrogens with one attached hydrogen (secondary N) is 1. The van der Waals surface area contributed by atoms with E-state index in [1.165, 1.54) is 28.7 Å². The standard InChI is InChI=1S/C21H22N2O3S/c1-25-17-10-8-14(12-18(17)26-2)9-11-20(24)23-21-16(13-22)15-6-4-3-5-7-19(15)27-21/h8-12H,3-7H2,1-2H3,(H,23,24)/b11-9+. The zero-order chi connectivity index (χ0) is 19.2. The lowest BCUT2D eigenvalue weighted by Gasteiger charge is -2.07. The van der Waals surface area contributed by atoms with Crippen LogP contribution in [0.1, 0.15) is 40.8 Å². The summed E-state index contributed by atoms with van der Waals surface area (Å²) < 4.78 is 10.5. The number of ether oxygens (including phenoxy) is 2. The molecule has 0 aliphatic heterocycles. The highest BCUT2D eigenvalue weighted by Crippen LogP contribution is 2.37. The van der Waals surface area contributed by atoms with Gasteiger partial charge in [-0.05, 0) is 55.0 Å². The summed E-state index contributed by atoms with van der Waals surface area (Å²) in [5.41, 5.74) is 2.58. The predicted octanol–water partition coefficient (Wildman–Crippen LogP) is 4.56. The SMILES string of the molecule is COc1ccc(/C=C/C(=O)Nc2sc3c(c2C#N)CCCCC3)cc1OC. The molecule has 0 atom stereocenters. The molecule has 0 saturated carbocycles. The van der Waals surface area contributed by atoms with Crippen molar-refractivity contribution in [2.45, 2.75) is 32.1 Å². The summed E-state index contributed by atoms with van der Waals surface area (Å²) in [6.45, 7) is 0. The first kappa shape index (κ1) is 19.0. The fourth-order valence-electron chi connectivity index (χ4n) is 3.23. The lowest BCUT2D eigenvalue weighted by molar-refractivity contribution is -0.111. The molecule has 0 radical (unpaired) electrons. The number of anilines is 1. The van der Waals surface area contributed by atoms with Crippen molar-refractivity contribution < 1.29 is 14.3 Å². The smallest absolute Gasteiger partial charge is 0.249 e. The summed E-state index contributed by atoms with van der Waals surface area (Å²) >= 11 is 1.54. The monoisotopic (exact) mass is 382 g/mol. The molecule has 1 aromatic heterocycles. The maximum atomic E-state index is 12.4. The van der Waals surface area contributed by atoms with Crippen molar-refractivity contribution in [3.05, 3.63) is 45.8 Å². The first-order valence-corrected chi connectivity index (χ1v) is 9.73. The van der Waals surface area contributed by atoms with Gasteiger partial charge in [-0.3, -0.25) is 4.79 Å². The second kappa shape index (κ2) is 8.74. The van der Waals surface area contributed by atoms with Crippen LogP contribution in [0.25, 0.3) is 6.08 Å². The molecule has 5 nitrogen and oxygen atoms in total. The van der Waals surface area contributed by atoms with Gasteiger partial charge in [-0.2, -0.15) is 5.26 Å². The average molecular weight is 382 g/mol. The number of thiophene rings is 1. The Hall–Kier alpha value is -2.78. The molecule has 1 N–H and O–H groups in total. The van der Waals surface area contributed by atoms with Crippen molar-refractivity contribution in [2.75, 3.05) is 19.5 Å². The number of carbonyl (C=O) groups is 1. The highest BCUT2D eigenvalue weighted by atomic mass is 32.1. The van der Waals surface area contributed by atoms with Crippen LogP contribution in [-0.2, 0) is 17.6 Å². The Balaban J connectivity index is 1.75. The zero-order valence-electron chi connectivity index (χ0n) is 15.5. The number of fused-ring (bicyclic) bond motifs is 1. The molecule has 3 rings (SSSR count). The fraction of sp³-hybridized carbons (Fsp3) is 0.333. The third-order valence-electron chi connectivity index (χ3n) is 4.60. The summed E-state index contributed by atoms with van der Waals surface area (Å²) in [4.78, 5) is 13.6. The van der Waals surface area contributed by atoms with Gasteiger partial charge in [0.15, 0.2) is 11.5 Å². The Labute approximate surface area is 163 Å². The summed E-state index contributed by atoms with van der Waals surface area (Å²) in [7, 11) is 3.15. The molecular formula is C21H22N2O3S. The van der Waals surface area contributed by atoms with Crippen molar-refractivity contribution in [1.82, 2.24) is 0 Å². The van der Waals surface area contributed by atoms with Gasteiger partial charge in [0.25, 0.3) is 0 Å². The topological polar surface area (TPSA) is 71.3 Å². The molecule has 0 spiro atoms. The Bertz CT molecular complexity index is 909. The third-order valence-corrected chi connectivity index (χ3v) is 5.81. The number of nitriles is 1. The van der Waals surface area contributed by atoms with Gasteiger partial charge in [0.2, 0.25) is 5.91 Å². The van der Waals surface area contributed by atoms with Gasteiger partial charge < -0.3 is 14.8 Å². The van der Waals surface area contributed by atoms with Crippen LogP contribution in [0.4, 0.5) is 5.00 Å². The molecule has 1 heterocycles. The van der Waals surface area contributed by atoms with Gasteiger partial charge in [0.05, 0.1) is 19.8 Å². The van der Waals surface area contributed by atoms with Crippen LogP contribution in [0.15, 0.2) is 24.3 Å². The Kier molecular flexibility index (Phi) is 6.15. The first-order chi connectivity index (χ1) is 13.2. The number of nitrogens with zero attached hydrogens (tertiary/aromatic N) is 1. The van der Waals surface area contributed by atoms with Crippen molar-refractivity contribution in [3.63, 3.8) is 0 Å². The minimum atomic E-state index is -0.252. The number of aryl methyl sites for hydroxylation is 1. The third kappa shape index (κ3) is 4.32. The van der Waals surface area contributed by atoms with E-state index in [2.05, 4.69) is 11.4 Å². The second-order valence-electron chi connectivity index (χ2n) is 6.32. The molecule has 1 aromatic carbocycles. The van der Waals surface area contributed by atoms with Crippen LogP contribution < -0.4 is 14.8 Å². The Morgan fingerprint density at radius 2 is 1.96 bits per heavy atom. The van der Waals surface area contributed by atoms with Crippen LogP contribution in [0.3, 0.4) is 0 Å². The summed E-state index contributed by atoms with van der Waals surface area (Å²) in [5, 5.41) is 13.1. The van der Waals surface area contributed by atoms with Crippen LogP contribution >= 0.6 is 11.3 Å². The summed E-state index contributed by atoms with van der Waals surface area (Å²) in [5.74, 6) is 0.990. The maximum absolute atomic E-state index is 12.4. The van der Waals surface area contributed by atoms with Crippen LogP contribution in [0.5, 0.6) is 11.5 Å². The quantitative estimate of drug-likeness (QED) is 0.608. The Morgan fingerprint density at radius 3 is 2.70 bits per heavy atom. The lowest BCUT2D eigenvalue weighted by atomic mass is 10.1. The second-order valence-corrected chi connectivity index (χ2v) is 7.42. The van der Waals surface area contributed by atoms with E-state index in [0.29, 0.717) is 22.1 Å². The lowest BCUT2D eigenvalue weighted by Crippen LogP contribution is -2.07. The zero-order valence-corrected chi connectivity index (χ0v) is 16.3. The van der Waals surface area contributed by atoms with Crippen molar-refractivity contribution >= 4 is 28.3 Å². The summed E-state index contributed by atoms with van der Waals surface area (Å²) in [6, 6.07) is 7.72. The number of hydrogen-bond acceptors (Lipinski definition) is 5. The molecule has 0 unspecified atom stereocenters. The molecule has 140 valence electrons. The van der Waals surface area contributed by atoms with Crippen LogP contribution in [0, 0.1) is 11.3 Å².